The Morgan fingerprint density at radius 2 is 0.930 bits per heavy atom. The van der Waals surface area contributed by atoms with Crippen molar-refractivity contribution in [2.24, 2.45) is 0 Å². The van der Waals surface area contributed by atoms with Gasteiger partial charge in [0.1, 0.15) is 5.52 Å². The third-order valence-electron chi connectivity index (χ3n) is 11.0. The van der Waals surface area contributed by atoms with Gasteiger partial charge in [-0.15, -0.1) is 0 Å². The molecular weight excluding hydrogens is 695 g/mol. The quantitative estimate of drug-likeness (QED) is 0.164. The van der Waals surface area contributed by atoms with E-state index in [4.69, 9.17) is 9.40 Å². The highest BCUT2D eigenvalue weighted by molar-refractivity contribution is 6.11. The Morgan fingerprint density at radius 1 is 0.386 bits per heavy atom. The number of hydrogen-bond acceptors (Lipinski definition) is 3. The van der Waals surface area contributed by atoms with Crippen molar-refractivity contribution in [2.45, 2.75) is 0 Å². The molecule has 268 valence electrons. The Bertz CT molecular complexity index is 3160. The van der Waals surface area contributed by atoms with E-state index in [1.807, 2.05) is 30.3 Å². The second-order valence-electron chi connectivity index (χ2n) is 14.4. The van der Waals surface area contributed by atoms with Gasteiger partial charge in [-0.1, -0.05) is 133 Å². The number of rotatable bonds is 7. The molecule has 0 amide bonds. The monoisotopic (exact) mass is 729 g/mol. The van der Waals surface area contributed by atoms with Crippen LogP contribution in [-0.2, 0) is 0 Å². The molecule has 57 heavy (non-hydrogen) atoms. The van der Waals surface area contributed by atoms with Crippen LogP contribution in [0.1, 0.15) is 0 Å². The fourth-order valence-corrected chi connectivity index (χ4v) is 8.34. The molecule has 4 nitrogen and oxygen atoms in total. The van der Waals surface area contributed by atoms with Gasteiger partial charge in [-0.3, -0.25) is 0 Å². The van der Waals surface area contributed by atoms with Crippen LogP contribution in [0.4, 0.5) is 17.1 Å². The lowest BCUT2D eigenvalue weighted by Gasteiger charge is -2.26. The fourth-order valence-electron chi connectivity index (χ4n) is 8.34. The second kappa shape index (κ2) is 13.6. The minimum Gasteiger partial charge on any atom is -0.436 e. The minimum atomic E-state index is 0.626. The van der Waals surface area contributed by atoms with E-state index in [0.717, 1.165) is 61.3 Å². The van der Waals surface area contributed by atoms with E-state index >= 15 is 0 Å². The summed E-state index contributed by atoms with van der Waals surface area (Å²) in [6.07, 6.45) is 0. The molecule has 0 saturated carbocycles. The van der Waals surface area contributed by atoms with E-state index in [2.05, 4.69) is 191 Å². The standard InChI is InChI=1S/C53H35N3O/c1-3-14-36(15-4-1)39-18-13-19-43(34-39)55(41-30-32-42(33-31-41)56-49-24-11-9-21-45(49)46-22-10-12-25-50(46)56)40-28-26-37(27-29-40)48-35-51-52(47-23-8-7-20-44(47)48)54-53(57-51)38-16-5-2-6-17-38/h1-35H. The maximum Gasteiger partial charge on any atom is 0.227 e. The number of aromatic nitrogens is 2. The molecular formula is C53H35N3O. The molecule has 0 atom stereocenters. The molecule has 0 fully saturated rings. The maximum absolute atomic E-state index is 6.41. The van der Waals surface area contributed by atoms with Crippen molar-refractivity contribution in [3.63, 3.8) is 0 Å². The first-order chi connectivity index (χ1) is 28.3. The van der Waals surface area contributed by atoms with Crippen molar-refractivity contribution in [3.05, 3.63) is 212 Å². The maximum atomic E-state index is 6.41. The molecule has 0 bridgehead atoms. The third-order valence-corrected chi connectivity index (χ3v) is 11.0. The van der Waals surface area contributed by atoms with Gasteiger partial charge in [0.05, 0.1) is 11.0 Å². The molecule has 0 aliphatic rings. The third kappa shape index (κ3) is 5.66. The summed E-state index contributed by atoms with van der Waals surface area (Å²) in [5.41, 5.74) is 13.9. The van der Waals surface area contributed by atoms with Crippen molar-refractivity contribution < 1.29 is 4.42 Å². The highest BCUT2D eigenvalue weighted by Gasteiger charge is 2.18. The highest BCUT2D eigenvalue weighted by Crippen LogP contribution is 2.41. The van der Waals surface area contributed by atoms with Crippen molar-refractivity contribution in [1.82, 2.24) is 9.55 Å². The van der Waals surface area contributed by atoms with Gasteiger partial charge in [-0.2, -0.15) is 0 Å². The molecule has 9 aromatic carbocycles. The Hall–Kier alpha value is -7.69. The molecule has 11 aromatic rings. The van der Waals surface area contributed by atoms with E-state index in [-0.39, 0.29) is 0 Å². The summed E-state index contributed by atoms with van der Waals surface area (Å²) >= 11 is 0. The summed E-state index contributed by atoms with van der Waals surface area (Å²) in [6.45, 7) is 0. The number of oxazole rings is 1. The van der Waals surface area contributed by atoms with Crippen molar-refractivity contribution in [3.8, 4) is 39.4 Å². The van der Waals surface area contributed by atoms with Crippen LogP contribution < -0.4 is 4.90 Å². The van der Waals surface area contributed by atoms with Gasteiger partial charge in [-0.05, 0) is 107 Å². The fraction of sp³-hybridized carbons (Fsp3) is 0. The first-order valence-corrected chi connectivity index (χ1v) is 19.3. The number of para-hydroxylation sites is 2. The van der Waals surface area contributed by atoms with Gasteiger partial charge < -0.3 is 13.9 Å². The normalized spacial score (nSPS) is 11.5. The van der Waals surface area contributed by atoms with Crippen LogP contribution in [-0.4, -0.2) is 9.55 Å². The zero-order valence-corrected chi connectivity index (χ0v) is 31.0. The first kappa shape index (κ1) is 32.7. The molecule has 0 radical (unpaired) electrons. The summed E-state index contributed by atoms with van der Waals surface area (Å²) in [4.78, 5) is 7.30. The lowest BCUT2D eigenvalue weighted by molar-refractivity contribution is 0.620. The van der Waals surface area contributed by atoms with Crippen molar-refractivity contribution in [2.75, 3.05) is 4.90 Å². The van der Waals surface area contributed by atoms with Crippen LogP contribution in [0.3, 0.4) is 0 Å². The molecule has 0 spiro atoms. The average Bonchev–Trinajstić information content (AvgIpc) is 3.88. The average molecular weight is 730 g/mol. The van der Waals surface area contributed by atoms with Crippen molar-refractivity contribution >= 4 is 60.7 Å². The summed E-state index contributed by atoms with van der Waals surface area (Å²) in [5.74, 6) is 0.626. The Morgan fingerprint density at radius 3 is 1.60 bits per heavy atom. The van der Waals surface area contributed by atoms with Gasteiger partial charge in [0.15, 0.2) is 5.58 Å². The SMILES string of the molecule is c1ccc(-c2cccc(N(c3ccc(-c4cc5oc(-c6ccccc6)nc5c5ccccc45)cc3)c3ccc(-n4c5ccccc5c5ccccc54)cc3)c2)cc1. The van der Waals surface area contributed by atoms with Crippen molar-refractivity contribution in [1.29, 1.82) is 0 Å². The molecule has 0 aliphatic heterocycles. The summed E-state index contributed by atoms with van der Waals surface area (Å²) in [5, 5.41) is 4.72. The molecule has 2 heterocycles. The number of anilines is 3. The lowest BCUT2D eigenvalue weighted by Crippen LogP contribution is -2.10. The molecule has 2 aromatic heterocycles. The molecule has 0 aliphatic carbocycles. The van der Waals surface area contributed by atoms with E-state index in [1.54, 1.807) is 0 Å². The largest absolute Gasteiger partial charge is 0.436 e. The summed E-state index contributed by atoms with van der Waals surface area (Å²) in [6, 6.07) is 75.2. The molecule has 4 heteroatoms. The minimum absolute atomic E-state index is 0.626. The van der Waals surface area contributed by atoms with E-state index in [0.29, 0.717) is 5.89 Å². The first-order valence-electron chi connectivity index (χ1n) is 19.3. The Kier molecular flexibility index (Phi) is 7.78. The second-order valence-corrected chi connectivity index (χ2v) is 14.4. The molecule has 0 unspecified atom stereocenters. The van der Waals surface area contributed by atoms with Crippen LogP contribution in [0.15, 0.2) is 217 Å². The molecule has 0 N–H and O–H groups in total. The van der Waals surface area contributed by atoms with Gasteiger partial charge in [0.2, 0.25) is 5.89 Å². The number of hydrogen-bond donors (Lipinski definition) is 0. The highest BCUT2D eigenvalue weighted by atomic mass is 16.3. The molecule has 11 rings (SSSR count). The van der Waals surface area contributed by atoms with Gasteiger partial charge in [0.25, 0.3) is 0 Å². The number of nitrogens with zero attached hydrogens (tertiary/aromatic N) is 3. The molecule has 0 saturated heterocycles. The van der Waals surface area contributed by atoms with Gasteiger partial charge >= 0.3 is 0 Å². The van der Waals surface area contributed by atoms with Gasteiger partial charge in [0, 0.05) is 44.5 Å². The van der Waals surface area contributed by atoms with E-state index in [9.17, 15) is 0 Å². The number of benzene rings is 9. The zero-order valence-electron chi connectivity index (χ0n) is 31.0. The predicted molar refractivity (Wildman–Crippen MR) is 237 cm³/mol. The van der Waals surface area contributed by atoms with E-state index < -0.39 is 0 Å². The van der Waals surface area contributed by atoms with Crippen LogP contribution in [0.5, 0.6) is 0 Å². The smallest absolute Gasteiger partial charge is 0.227 e. The van der Waals surface area contributed by atoms with E-state index in [1.165, 1.54) is 32.9 Å². The Labute approximate surface area is 330 Å². The van der Waals surface area contributed by atoms with Crippen LogP contribution in [0.2, 0.25) is 0 Å². The lowest BCUT2D eigenvalue weighted by atomic mass is 9.97. The van der Waals surface area contributed by atoms with Crippen LogP contribution in [0, 0.1) is 0 Å². The summed E-state index contributed by atoms with van der Waals surface area (Å²) < 4.78 is 8.78. The van der Waals surface area contributed by atoms with Gasteiger partial charge in [-0.25, -0.2) is 4.98 Å². The van der Waals surface area contributed by atoms with Crippen LogP contribution >= 0.6 is 0 Å². The number of fused-ring (bicyclic) bond motifs is 6. The topological polar surface area (TPSA) is 34.2 Å². The summed E-state index contributed by atoms with van der Waals surface area (Å²) in [7, 11) is 0. The predicted octanol–water partition coefficient (Wildman–Crippen LogP) is 14.5. The Balaban J connectivity index is 1.03. The zero-order chi connectivity index (χ0) is 37.7. The van der Waals surface area contributed by atoms with Crippen LogP contribution in [0.25, 0.3) is 83.1 Å².